The molecule has 1 aliphatic rings. The van der Waals surface area contributed by atoms with Gasteiger partial charge < -0.3 is 15.5 Å². The summed E-state index contributed by atoms with van der Waals surface area (Å²) in [4.78, 5) is 22.3. The van der Waals surface area contributed by atoms with E-state index in [1.54, 1.807) is 0 Å². The molecule has 6 heteroatoms. The lowest BCUT2D eigenvalue weighted by molar-refractivity contribution is -0.119. The first-order valence-corrected chi connectivity index (χ1v) is 6.30. The predicted molar refractivity (Wildman–Crippen MR) is 70.8 cm³/mol. The van der Waals surface area contributed by atoms with E-state index in [-0.39, 0.29) is 5.91 Å². The topological polar surface area (TPSA) is 70.2 Å². The number of carbonyl (C=O) groups excluding carboxylic acids is 1. The van der Waals surface area contributed by atoms with Gasteiger partial charge in [0, 0.05) is 25.7 Å². The maximum atomic E-state index is 11.6. The van der Waals surface area contributed by atoms with Crippen LogP contribution >= 0.6 is 0 Å². The van der Waals surface area contributed by atoms with Gasteiger partial charge in [0.2, 0.25) is 5.91 Å². The predicted octanol–water partition coefficient (Wildman–Crippen LogP) is 0.543. The van der Waals surface area contributed by atoms with Gasteiger partial charge in [-0.1, -0.05) is 0 Å². The molecule has 1 aliphatic heterocycles. The smallest absolute Gasteiger partial charge is 0.239 e. The Morgan fingerprint density at radius 1 is 1.50 bits per heavy atom. The quantitative estimate of drug-likeness (QED) is 0.818. The van der Waals surface area contributed by atoms with E-state index in [0.29, 0.717) is 12.4 Å². The highest BCUT2D eigenvalue weighted by atomic mass is 16.2. The number of hydrogen-bond acceptors (Lipinski definition) is 5. The molecule has 6 nitrogen and oxygen atoms in total. The maximum absolute atomic E-state index is 11.6. The van der Waals surface area contributed by atoms with Crippen molar-refractivity contribution in [2.75, 3.05) is 36.4 Å². The van der Waals surface area contributed by atoms with Gasteiger partial charge in [0.05, 0.1) is 6.54 Å². The Kier molecular flexibility index (Phi) is 3.96. The maximum Gasteiger partial charge on any atom is 0.239 e. The highest BCUT2D eigenvalue weighted by Gasteiger charge is 2.17. The Balaban J connectivity index is 2.22. The molecule has 0 spiro atoms. The molecule has 2 rings (SSSR count). The number of nitrogens with zero attached hydrogens (tertiary/aromatic N) is 3. The minimum atomic E-state index is 0.0498. The average molecular weight is 249 g/mol. The molecule has 2 N–H and O–H groups in total. The van der Waals surface area contributed by atoms with E-state index in [9.17, 15) is 4.79 Å². The molecule has 0 aliphatic carbocycles. The van der Waals surface area contributed by atoms with Crippen molar-refractivity contribution in [3.8, 4) is 0 Å². The van der Waals surface area contributed by atoms with Gasteiger partial charge in [-0.25, -0.2) is 9.97 Å². The SMILES string of the molecule is CCNc1cc(N2CCCNC(=O)C2)nc(C)n1. The molecule has 0 saturated carbocycles. The summed E-state index contributed by atoms with van der Waals surface area (Å²) < 4.78 is 0. The second-order valence-corrected chi connectivity index (χ2v) is 4.31. The number of carbonyl (C=O) groups is 1. The van der Waals surface area contributed by atoms with Crippen molar-refractivity contribution in [3.63, 3.8) is 0 Å². The first-order chi connectivity index (χ1) is 8.69. The number of anilines is 2. The lowest BCUT2D eigenvalue weighted by Crippen LogP contribution is -2.33. The Bertz CT molecular complexity index is 434. The van der Waals surface area contributed by atoms with Gasteiger partial charge in [0.15, 0.2) is 0 Å². The molecule has 0 atom stereocenters. The second kappa shape index (κ2) is 5.66. The Labute approximate surface area is 107 Å². The van der Waals surface area contributed by atoms with Crippen LogP contribution in [-0.4, -0.2) is 42.1 Å². The van der Waals surface area contributed by atoms with Crippen LogP contribution < -0.4 is 15.5 Å². The number of aryl methyl sites for hydroxylation is 1. The zero-order valence-corrected chi connectivity index (χ0v) is 10.9. The largest absolute Gasteiger partial charge is 0.370 e. The van der Waals surface area contributed by atoms with Crippen molar-refractivity contribution in [2.45, 2.75) is 20.3 Å². The molecule has 0 aromatic carbocycles. The minimum absolute atomic E-state index is 0.0498. The summed E-state index contributed by atoms with van der Waals surface area (Å²) in [6.07, 6.45) is 0.936. The zero-order chi connectivity index (χ0) is 13.0. The number of hydrogen-bond donors (Lipinski definition) is 2. The zero-order valence-electron chi connectivity index (χ0n) is 10.9. The van der Waals surface area contributed by atoms with E-state index in [1.807, 2.05) is 24.8 Å². The van der Waals surface area contributed by atoms with Crippen LogP contribution in [0.5, 0.6) is 0 Å². The molecule has 0 bridgehead atoms. The van der Waals surface area contributed by atoms with Crippen molar-refractivity contribution >= 4 is 17.5 Å². The van der Waals surface area contributed by atoms with Gasteiger partial charge in [-0.05, 0) is 20.3 Å². The van der Waals surface area contributed by atoms with Crippen molar-refractivity contribution in [2.24, 2.45) is 0 Å². The fourth-order valence-corrected chi connectivity index (χ4v) is 1.99. The lowest BCUT2D eigenvalue weighted by atomic mass is 10.3. The molecule has 1 fully saturated rings. The monoisotopic (exact) mass is 249 g/mol. The van der Waals surface area contributed by atoms with Crippen molar-refractivity contribution in [1.82, 2.24) is 15.3 Å². The summed E-state index contributed by atoms with van der Waals surface area (Å²) in [5, 5.41) is 6.04. The third-order valence-electron chi connectivity index (χ3n) is 2.77. The summed E-state index contributed by atoms with van der Waals surface area (Å²) in [7, 11) is 0. The number of amides is 1. The average Bonchev–Trinajstić information content (AvgIpc) is 2.53. The van der Waals surface area contributed by atoms with Crippen molar-refractivity contribution in [3.05, 3.63) is 11.9 Å². The molecule has 18 heavy (non-hydrogen) atoms. The van der Waals surface area contributed by atoms with E-state index in [0.717, 1.165) is 37.7 Å². The van der Waals surface area contributed by atoms with Crippen LogP contribution in [0.25, 0.3) is 0 Å². The van der Waals surface area contributed by atoms with Gasteiger partial charge >= 0.3 is 0 Å². The third kappa shape index (κ3) is 3.09. The van der Waals surface area contributed by atoms with Gasteiger partial charge in [-0.3, -0.25) is 4.79 Å². The molecular formula is C12H19N5O. The number of nitrogens with one attached hydrogen (secondary N) is 2. The van der Waals surface area contributed by atoms with Gasteiger partial charge in [0.25, 0.3) is 0 Å². The highest BCUT2D eigenvalue weighted by Crippen LogP contribution is 2.16. The molecular weight excluding hydrogens is 230 g/mol. The second-order valence-electron chi connectivity index (χ2n) is 4.31. The standard InChI is InChI=1S/C12H19N5O/c1-3-13-10-7-11(16-9(2)15-10)17-6-4-5-14-12(18)8-17/h7H,3-6,8H2,1-2H3,(H,14,18)(H,13,15,16). The van der Waals surface area contributed by atoms with Crippen molar-refractivity contribution in [1.29, 1.82) is 0 Å². The molecule has 1 aromatic rings. The summed E-state index contributed by atoms with van der Waals surface area (Å²) >= 11 is 0. The van der Waals surface area contributed by atoms with Gasteiger partial charge in [-0.2, -0.15) is 0 Å². The Morgan fingerprint density at radius 3 is 3.11 bits per heavy atom. The number of aromatic nitrogens is 2. The molecule has 1 saturated heterocycles. The Hall–Kier alpha value is -1.85. The summed E-state index contributed by atoms with van der Waals surface area (Å²) in [5.41, 5.74) is 0. The van der Waals surface area contributed by atoms with Crippen LogP contribution in [0.2, 0.25) is 0 Å². The summed E-state index contributed by atoms with van der Waals surface area (Å²) in [6.45, 7) is 6.64. The van der Waals surface area contributed by atoms with E-state index in [1.165, 1.54) is 0 Å². The van der Waals surface area contributed by atoms with Crippen LogP contribution in [0.15, 0.2) is 6.07 Å². The summed E-state index contributed by atoms with van der Waals surface area (Å²) in [6, 6.07) is 1.90. The van der Waals surface area contributed by atoms with Crippen LogP contribution in [-0.2, 0) is 4.79 Å². The molecule has 1 aromatic heterocycles. The van der Waals surface area contributed by atoms with Gasteiger partial charge in [0.1, 0.15) is 17.5 Å². The number of rotatable bonds is 3. The van der Waals surface area contributed by atoms with Crippen LogP contribution in [0.4, 0.5) is 11.6 Å². The fraction of sp³-hybridized carbons (Fsp3) is 0.583. The fourth-order valence-electron chi connectivity index (χ4n) is 1.99. The van der Waals surface area contributed by atoms with Crippen molar-refractivity contribution < 1.29 is 4.79 Å². The summed E-state index contributed by atoms with van der Waals surface area (Å²) in [5.74, 6) is 2.39. The highest BCUT2D eigenvalue weighted by molar-refractivity contribution is 5.81. The molecule has 1 amide bonds. The first kappa shape index (κ1) is 12.6. The molecule has 98 valence electrons. The van der Waals surface area contributed by atoms with E-state index < -0.39 is 0 Å². The minimum Gasteiger partial charge on any atom is -0.370 e. The van der Waals surface area contributed by atoms with Gasteiger partial charge in [-0.15, -0.1) is 0 Å². The molecule has 0 radical (unpaired) electrons. The van der Waals surface area contributed by atoms with E-state index in [2.05, 4.69) is 20.6 Å². The lowest BCUT2D eigenvalue weighted by Gasteiger charge is -2.21. The molecule has 0 unspecified atom stereocenters. The van der Waals surface area contributed by atoms with E-state index >= 15 is 0 Å². The third-order valence-corrected chi connectivity index (χ3v) is 2.77. The Morgan fingerprint density at radius 2 is 2.33 bits per heavy atom. The van der Waals surface area contributed by atoms with E-state index in [4.69, 9.17) is 0 Å². The molecule has 2 heterocycles. The van der Waals surface area contributed by atoms with Crippen LogP contribution in [0.3, 0.4) is 0 Å². The van der Waals surface area contributed by atoms with Crippen LogP contribution in [0.1, 0.15) is 19.2 Å². The van der Waals surface area contributed by atoms with Crippen LogP contribution in [0, 0.1) is 6.92 Å². The first-order valence-electron chi connectivity index (χ1n) is 6.30. The normalized spacial score (nSPS) is 16.1.